The predicted molar refractivity (Wildman–Crippen MR) is 107 cm³/mol. The van der Waals surface area contributed by atoms with Crippen molar-refractivity contribution in [1.29, 1.82) is 5.26 Å². The van der Waals surface area contributed by atoms with Gasteiger partial charge in [-0.05, 0) is 41.0 Å². The van der Waals surface area contributed by atoms with Crippen LogP contribution in [-0.4, -0.2) is 17.9 Å². The monoisotopic (exact) mass is 369 g/mol. The molecule has 1 atom stereocenters. The first-order chi connectivity index (χ1) is 13.6. The van der Waals surface area contributed by atoms with Gasteiger partial charge in [0.1, 0.15) is 6.04 Å². The number of hydrogen-bond acceptors (Lipinski definition) is 3. The van der Waals surface area contributed by atoms with E-state index in [1.165, 1.54) is 0 Å². The fraction of sp³-hybridized carbons (Fsp3) is 0.0870. The zero-order valence-corrected chi connectivity index (χ0v) is 15.1. The normalized spacial score (nSPS) is 11.2. The number of benzene rings is 3. The number of carbonyl (C=O) groups is 2. The molecule has 138 valence electrons. The summed E-state index contributed by atoms with van der Waals surface area (Å²) in [6.45, 7) is 0. The minimum atomic E-state index is -0.828. The van der Waals surface area contributed by atoms with Crippen LogP contribution in [0.5, 0.6) is 0 Å². The van der Waals surface area contributed by atoms with Gasteiger partial charge < -0.3 is 11.1 Å². The largest absolute Gasteiger partial charge is 0.368 e. The van der Waals surface area contributed by atoms with Crippen molar-refractivity contribution in [2.45, 2.75) is 12.5 Å². The summed E-state index contributed by atoms with van der Waals surface area (Å²) >= 11 is 0. The Morgan fingerprint density at radius 2 is 1.50 bits per heavy atom. The van der Waals surface area contributed by atoms with Crippen LogP contribution in [0.1, 0.15) is 21.5 Å². The molecule has 0 spiro atoms. The van der Waals surface area contributed by atoms with Gasteiger partial charge >= 0.3 is 0 Å². The molecule has 0 heterocycles. The number of primary amides is 1. The zero-order chi connectivity index (χ0) is 19.9. The highest BCUT2D eigenvalue weighted by atomic mass is 16.2. The van der Waals surface area contributed by atoms with Crippen molar-refractivity contribution in [2.24, 2.45) is 5.73 Å². The van der Waals surface area contributed by atoms with Gasteiger partial charge in [-0.15, -0.1) is 0 Å². The van der Waals surface area contributed by atoms with E-state index in [4.69, 9.17) is 11.0 Å². The number of hydrogen-bond donors (Lipinski definition) is 2. The third-order valence-corrected chi connectivity index (χ3v) is 4.43. The molecule has 3 rings (SSSR count). The first-order valence-corrected chi connectivity index (χ1v) is 8.81. The van der Waals surface area contributed by atoms with E-state index in [-0.39, 0.29) is 0 Å². The van der Waals surface area contributed by atoms with Crippen LogP contribution in [0.3, 0.4) is 0 Å². The zero-order valence-electron chi connectivity index (χ0n) is 15.1. The fourth-order valence-corrected chi connectivity index (χ4v) is 2.86. The highest BCUT2D eigenvalue weighted by Crippen LogP contribution is 2.19. The van der Waals surface area contributed by atoms with E-state index in [1.54, 1.807) is 24.3 Å². The number of nitrogens with two attached hydrogens (primary N) is 1. The molecule has 3 aromatic carbocycles. The first-order valence-electron chi connectivity index (χ1n) is 8.81. The van der Waals surface area contributed by atoms with Gasteiger partial charge in [-0.2, -0.15) is 5.26 Å². The lowest BCUT2D eigenvalue weighted by molar-refractivity contribution is -0.119. The molecule has 3 aromatic rings. The Morgan fingerprint density at radius 1 is 0.893 bits per heavy atom. The van der Waals surface area contributed by atoms with Crippen LogP contribution in [0.25, 0.3) is 11.1 Å². The van der Waals surface area contributed by atoms with Crippen LogP contribution >= 0.6 is 0 Å². The van der Waals surface area contributed by atoms with Crippen molar-refractivity contribution in [2.75, 3.05) is 0 Å². The van der Waals surface area contributed by atoms with Gasteiger partial charge in [-0.3, -0.25) is 9.59 Å². The smallest absolute Gasteiger partial charge is 0.251 e. The van der Waals surface area contributed by atoms with Gasteiger partial charge in [0.05, 0.1) is 11.6 Å². The Bertz CT molecular complexity index is 1000. The highest BCUT2D eigenvalue weighted by molar-refractivity contribution is 5.97. The Kier molecular flexibility index (Phi) is 5.83. The number of nitrogens with one attached hydrogen (secondary N) is 1. The van der Waals surface area contributed by atoms with Crippen molar-refractivity contribution >= 4 is 11.8 Å². The van der Waals surface area contributed by atoms with E-state index in [9.17, 15) is 9.59 Å². The Hall–Kier alpha value is -3.91. The van der Waals surface area contributed by atoms with Crippen LogP contribution in [0, 0.1) is 11.3 Å². The van der Waals surface area contributed by atoms with Gasteiger partial charge in [0.15, 0.2) is 0 Å². The second-order valence-electron chi connectivity index (χ2n) is 6.38. The molecule has 5 nitrogen and oxygen atoms in total. The number of amides is 2. The number of nitrogens with zero attached hydrogens (tertiary/aromatic N) is 1. The molecule has 0 fully saturated rings. The Balaban J connectivity index is 1.69. The Labute approximate surface area is 163 Å². The summed E-state index contributed by atoms with van der Waals surface area (Å²) in [7, 11) is 0. The van der Waals surface area contributed by atoms with E-state index in [0.717, 1.165) is 16.7 Å². The lowest BCUT2D eigenvalue weighted by Crippen LogP contribution is -2.45. The van der Waals surface area contributed by atoms with Gasteiger partial charge in [-0.25, -0.2) is 0 Å². The number of rotatable bonds is 6. The SMILES string of the molecule is N#Cc1ccc(C(=O)N[C@H](Cc2ccc(-c3ccccc3)cc2)C(N)=O)cc1. The van der Waals surface area contributed by atoms with Gasteiger partial charge in [0.2, 0.25) is 5.91 Å². The lowest BCUT2D eigenvalue weighted by Gasteiger charge is -2.16. The summed E-state index contributed by atoms with van der Waals surface area (Å²) in [5.74, 6) is -1.01. The average molecular weight is 369 g/mol. The minimum Gasteiger partial charge on any atom is -0.368 e. The highest BCUT2D eigenvalue weighted by Gasteiger charge is 2.19. The molecule has 0 saturated carbocycles. The van der Waals surface area contributed by atoms with E-state index >= 15 is 0 Å². The molecule has 0 unspecified atom stereocenters. The molecule has 28 heavy (non-hydrogen) atoms. The second-order valence-corrected chi connectivity index (χ2v) is 6.38. The molecular weight excluding hydrogens is 350 g/mol. The predicted octanol–water partition coefficient (Wildman–Crippen LogP) is 3.05. The summed E-state index contributed by atoms with van der Waals surface area (Å²) < 4.78 is 0. The van der Waals surface area contributed by atoms with E-state index in [0.29, 0.717) is 17.5 Å². The summed E-state index contributed by atoms with van der Waals surface area (Å²) in [5.41, 5.74) is 9.38. The summed E-state index contributed by atoms with van der Waals surface area (Å²) in [6.07, 6.45) is 0.298. The average Bonchev–Trinajstić information content (AvgIpc) is 2.74. The summed E-state index contributed by atoms with van der Waals surface area (Å²) in [6, 6.07) is 25.1. The molecule has 3 N–H and O–H groups in total. The third kappa shape index (κ3) is 4.63. The maximum atomic E-state index is 12.4. The van der Waals surface area contributed by atoms with Crippen LogP contribution in [0.2, 0.25) is 0 Å². The van der Waals surface area contributed by atoms with Crippen molar-refractivity contribution < 1.29 is 9.59 Å². The van der Waals surface area contributed by atoms with Crippen LogP contribution < -0.4 is 11.1 Å². The maximum Gasteiger partial charge on any atom is 0.251 e. The van der Waals surface area contributed by atoms with E-state index < -0.39 is 17.9 Å². The molecule has 0 aliphatic rings. The first kappa shape index (κ1) is 18.9. The minimum absolute atomic E-state index is 0.298. The molecule has 0 radical (unpaired) electrons. The van der Waals surface area contributed by atoms with E-state index in [1.807, 2.05) is 60.7 Å². The second kappa shape index (κ2) is 8.65. The quantitative estimate of drug-likeness (QED) is 0.699. The van der Waals surface area contributed by atoms with Crippen molar-refractivity contribution in [3.63, 3.8) is 0 Å². The summed E-state index contributed by atoms with van der Waals surface area (Å²) in [4.78, 5) is 24.2. The van der Waals surface area contributed by atoms with Crippen molar-refractivity contribution in [3.8, 4) is 17.2 Å². The molecule has 0 aliphatic carbocycles. The lowest BCUT2D eigenvalue weighted by atomic mass is 10.00. The fourth-order valence-electron chi connectivity index (χ4n) is 2.86. The standard InChI is InChI=1S/C23H19N3O2/c24-15-17-8-12-20(13-9-17)23(28)26-21(22(25)27)14-16-6-10-19(11-7-16)18-4-2-1-3-5-18/h1-13,21H,14H2,(H2,25,27)(H,26,28)/t21-/m1/s1. The topological polar surface area (TPSA) is 96.0 Å². The summed E-state index contributed by atoms with van der Waals surface area (Å²) in [5, 5.41) is 11.5. The number of nitriles is 1. The molecule has 0 aromatic heterocycles. The number of carbonyl (C=O) groups excluding carboxylic acids is 2. The van der Waals surface area contributed by atoms with Crippen LogP contribution in [0.4, 0.5) is 0 Å². The van der Waals surface area contributed by atoms with Crippen LogP contribution in [0.15, 0.2) is 78.9 Å². The molecular formula is C23H19N3O2. The van der Waals surface area contributed by atoms with Gasteiger partial charge in [-0.1, -0.05) is 54.6 Å². The third-order valence-electron chi connectivity index (χ3n) is 4.43. The molecule has 0 aliphatic heterocycles. The van der Waals surface area contributed by atoms with Gasteiger partial charge in [0, 0.05) is 12.0 Å². The van der Waals surface area contributed by atoms with Crippen molar-refractivity contribution in [3.05, 3.63) is 95.6 Å². The molecule has 5 heteroatoms. The molecule has 0 saturated heterocycles. The van der Waals surface area contributed by atoms with Crippen molar-refractivity contribution in [1.82, 2.24) is 5.32 Å². The van der Waals surface area contributed by atoms with Gasteiger partial charge in [0.25, 0.3) is 5.91 Å². The molecule has 2 amide bonds. The van der Waals surface area contributed by atoms with E-state index in [2.05, 4.69) is 5.32 Å². The maximum absolute atomic E-state index is 12.4. The molecule has 0 bridgehead atoms. The Morgan fingerprint density at radius 3 is 2.07 bits per heavy atom. The van der Waals surface area contributed by atoms with Crippen LogP contribution in [-0.2, 0) is 11.2 Å².